The molecule has 3 aromatic carbocycles. The third-order valence-electron chi connectivity index (χ3n) is 7.67. The Labute approximate surface area is 263 Å². The summed E-state index contributed by atoms with van der Waals surface area (Å²) in [4.78, 5) is 24.7. The van der Waals surface area contributed by atoms with Crippen LogP contribution in [-0.2, 0) is 62.4 Å². The number of aliphatic hydroxyl groups excluding tert-OH is 1. The molecule has 0 radical (unpaired) electrons. The second-order valence-corrected chi connectivity index (χ2v) is 11.2. The first kappa shape index (κ1) is 32.7. The predicted octanol–water partition coefficient (Wildman–Crippen LogP) is 3.76. The Morgan fingerprint density at radius 2 is 1.27 bits per heavy atom. The minimum Gasteiger partial charge on any atom is -0.456 e. The molecule has 0 spiro atoms. The van der Waals surface area contributed by atoms with Crippen molar-refractivity contribution in [1.29, 1.82) is 0 Å². The topological polar surface area (TPSA) is 119 Å². The molecule has 0 amide bonds. The molecule has 45 heavy (non-hydrogen) atoms. The van der Waals surface area contributed by atoms with Crippen LogP contribution in [0.15, 0.2) is 91.0 Å². The van der Waals surface area contributed by atoms with Gasteiger partial charge in [0.2, 0.25) is 0 Å². The summed E-state index contributed by atoms with van der Waals surface area (Å²) < 4.78 is 42.7. The summed E-state index contributed by atoms with van der Waals surface area (Å²) in [5, 5.41) is 11.0. The number of hydrogen-bond acceptors (Lipinski definition) is 10. The molecule has 0 unspecified atom stereocenters. The molecule has 1 N–H and O–H groups in total. The highest BCUT2D eigenvalue weighted by Gasteiger charge is 2.53. The summed E-state index contributed by atoms with van der Waals surface area (Å²) in [6.45, 7) is 3.03. The Kier molecular flexibility index (Phi) is 11.7. The zero-order valence-corrected chi connectivity index (χ0v) is 25.4. The molecule has 2 aliphatic rings. The SMILES string of the molecule is CC(=O)O[C@@H]1[C@@H](OCc2ccccc2)[C@@H](O[C@H]2[C@@H](O)CO[C@@H]2Cc2ccccc2)O[C@H](COCc2ccccc2)[C@H]1OC(C)=O. The highest BCUT2D eigenvalue weighted by atomic mass is 16.7. The normalized spacial score (nSPS) is 28.0. The number of ether oxygens (including phenoxy) is 7. The Morgan fingerprint density at radius 1 is 0.711 bits per heavy atom. The molecule has 2 heterocycles. The number of aliphatic hydroxyl groups is 1. The van der Waals surface area contributed by atoms with Crippen LogP contribution in [0.2, 0.25) is 0 Å². The minimum absolute atomic E-state index is 0.00691. The summed E-state index contributed by atoms with van der Waals surface area (Å²) in [5.74, 6) is -1.18. The number of rotatable bonds is 13. The Balaban J connectivity index is 1.42. The number of benzene rings is 3. The van der Waals surface area contributed by atoms with Gasteiger partial charge >= 0.3 is 11.9 Å². The largest absolute Gasteiger partial charge is 0.456 e. The van der Waals surface area contributed by atoms with Crippen LogP contribution in [0.4, 0.5) is 0 Å². The average Bonchev–Trinajstić information content (AvgIpc) is 3.37. The fourth-order valence-electron chi connectivity index (χ4n) is 5.61. The van der Waals surface area contributed by atoms with Crippen molar-refractivity contribution in [2.45, 2.75) is 82.5 Å². The lowest BCUT2D eigenvalue weighted by Crippen LogP contribution is -2.63. The first-order chi connectivity index (χ1) is 21.9. The summed E-state index contributed by atoms with van der Waals surface area (Å²) >= 11 is 0. The van der Waals surface area contributed by atoms with Crippen molar-refractivity contribution in [2.75, 3.05) is 13.2 Å². The van der Waals surface area contributed by atoms with Crippen LogP contribution < -0.4 is 0 Å². The molecule has 0 aromatic heterocycles. The van der Waals surface area contributed by atoms with Crippen LogP contribution >= 0.6 is 0 Å². The van der Waals surface area contributed by atoms with Crippen molar-refractivity contribution < 1.29 is 47.9 Å². The standard InChI is InChI=1S/C35H40O10/c1-23(36)42-32-30(22-39-19-26-14-8-4-9-15-26)44-35(34(33(32)43-24(2)37)41-20-27-16-10-5-11-17-27)45-31-28(38)21-40-29(31)18-25-12-6-3-7-13-25/h3-17,28-35,38H,18-22H2,1-2H3/t28-,29+,30+,31-,32+,33-,34+,35+/m0/s1. The van der Waals surface area contributed by atoms with Crippen LogP contribution in [-0.4, -0.2) is 79.3 Å². The van der Waals surface area contributed by atoms with Gasteiger partial charge in [-0.15, -0.1) is 0 Å². The van der Waals surface area contributed by atoms with E-state index < -0.39 is 61.0 Å². The fraction of sp³-hybridized carbons (Fsp3) is 0.429. The van der Waals surface area contributed by atoms with Gasteiger partial charge in [0.05, 0.1) is 32.5 Å². The van der Waals surface area contributed by atoms with Crippen molar-refractivity contribution in [3.05, 3.63) is 108 Å². The lowest BCUT2D eigenvalue weighted by molar-refractivity contribution is -0.330. The van der Waals surface area contributed by atoms with E-state index in [0.29, 0.717) is 6.42 Å². The zero-order chi connectivity index (χ0) is 31.6. The van der Waals surface area contributed by atoms with E-state index in [1.165, 1.54) is 13.8 Å². The van der Waals surface area contributed by atoms with Gasteiger partial charge in [0.1, 0.15) is 24.4 Å². The number of carbonyl (C=O) groups is 2. The van der Waals surface area contributed by atoms with E-state index in [0.717, 1.165) is 16.7 Å². The van der Waals surface area contributed by atoms with Gasteiger partial charge in [-0.25, -0.2) is 0 Å². The van der Waals surface area contributed by atoms with Crippen molar-refractivity contribution >= 4 is 11.9 Å². The minimum atomic E-state index is -1.14. The number of hydrogen-bond donors (Lipinski definition) is 1. The maximum absolute atomic E-state index is 12.4. The number of esters is 2. The third-order valence-corrected chi connectivity index (χ3v) is 7.67. The third kappa shape index (κ3) is 9.20. The van der Waals surface area contributed by atoms with E-state index in [4.69, 9.17) is 33.2 Å². The molecule has 2 fully saturated rings. The van der Waals surface area contributed by atoms with E-state index in [1.807, 2.05) is 91.0 Å². The Bertz CT molecular complexity index is 1340. The second kappa shape index (κ2) is 16.1. The molecule has 10 heteroatoms. The highest BCUT2D eigenvalue weighted by Crippen LogP contribution is 2.33. The van der Waals surface area contributed by atoms with E-state index in [-0.39, 0.29) is 26.4 Å². The van der Waals surface area contributed by atoms with Gasteiger partial charge in [-0.1, -0.05) is 91.0 Å². The highest BCUT2D eigenvalue weighted by molar-refractivity contribution is 5.67. The molecule has 240 valence electrons. The van der Waals surface area contributed by atoms with Gasteiger partial charge in [-0.05, 0) is 16.7 Å². The van der Waals surface area contributed by atoms with Gasteiger partial charge < -0.3 is 38.3 Å². The Morgan fingerprint density at radius 3 is 1.87 bits per heavy atom. The first-order valence-electron chi connectivity index (χ1n) is 15.1. The van der Waals surface area contributed by atoms with Crippen molar-refractivity contribution in [1.82, 2.24) is 0 Å². The Hall–Kier alpha value is -3.64. The van der Waals surface area contributed by atoms with E-state index >= 15 is 0 Å². The molecule has 0 aliphatic carbocycles. The van der Waals surface area contributed by atoms with E-state index in [1.54, 1.807) is 0 Å². The van der Waals surface area contributed by atoms with Crippen LogP contribution in [0, 0.1) is 0 Å². The van der Waals surface area contributed by atoms with E-state index in [2.05, 4.69) is 0 Å². The molecule has 5 rings (SSSR count). The molecule has 2 aliphatic heterocycles. The van der Waals surface area contributed by atoms with Gasteiger partial charge in [-0.2, -0.15) is 0 Å². The molecule has 2 saturated heterocycles. The monoisotopic (exact) mass is 620 g/mol. The summed E-state index contributed by atoms with van der Waals surface area (Å²) in [6.07, 6.45) is -6.95. The molecule has 0 saturated carbocycles. The van der Waals surface area contributed by atoms with Crippen LogP contribution in [0.3, 0.4) is 0 Å². The lowest BCUT2D eigenvalue weighted by atomic mass is 9.97. The average molecular weight is 621 g/mol. The molecule has 8 atom stereocenters. The van der Waals surface area contributed by atoms with Gasteiger partial charge in [-0.3, -0.25) is 9.59 Å². The van der Waals surface area contributed by atoms with Gasteiger partial charge in [0.25, 0.3) is 0 Å². The van der Waals surface area contributed by atoms with Crippen LogP contribution in [0.25, 0.3) is 0 Å². The molecular formula is C35H40O10. The summed E-state index contributed by atoms with van der Waals surface area (Å²) in [7, 11) is 0. The summed E-state index contributed by atoms with van der Waals surface area (Å²) in [6, 6.07) is 28.8. The molecule has 0 bridgehead atoms. The maximum Gasteiger partial charge on any atom is 0.303 e. The molecule has 3 aromatic rings. The second-order valence-electron chi connectivity index (χ2n) is 11.2. The lowest BCUT2D eigenvalue weighted by Gasteiger charge is -2.45. The predicted molar refractivity (Wildman–Crippen MR) is 162 cm³/mol. The fourth-order valence-corrected chi connectivity index (χ4v) is 5.61. The quantitative estimate of drug-likeness (QED) is 0.283. The zero-order valence-electron chi connectivity index (χ0n) is 25.4. The van der Waals surface area contributed by atoms with Crippen LogP contribution in [0.1, 0.15) is 30.5 Å². The molecule has 10 nitrogen and oxygen atoms in total. The van der Waals surface area contributed by atoms with Crippen molar-refractivity contribution in [3.63, 3.8) is 0 Å². The van der Waals surface area contributed by atoms with Crippen molar-refractivity contribution in [3.8, 4) is 0 Å². The van der Waals surface area contributed by atoms with Gasteiger partial charge in [0, 0.05) is 20.3 Å². The van der Waals surface area contributed by atoms with Gasteiger partial charge in [0.15, 0.2) is 18.5 Å². The molecular weight excluding hydrogens is 580 g/mol. The van der Waals surface area contributed by atoms with E-state index in [9.17, 15) is 14.7 Å². The first-order valence-corrected chi connectivity index (χ1v) is 15.1. The smallest absolute Gasteiger partial charge is 0.303 e. The number of carbonyl (C=O) groups excluding carboxylic acids is 2. The maximum atomic E-state index is 12.4. The summed E-state index contributed by atoms with van der Waals surface area (Å²) in [5.41, 5.74) is 2.83. The van der Waals surface area contributed by atoms with Crippen LogP contribution in [0.5, 0.6) is 0 Å². The van der Waals surface area contributed by atoms with Crippen molar-refractivity contribution in [2.24, 2.45) is 0 Å².